The number of hydrogen-bond acceptors (Lipinski definition) is 17. The van der Waals surface area contributed by atoms with Crippen LogP contribution in [0.4, 0.5) is 45.3 Å². The van der Waals surface area contributed by atoms with E-state index >= 15 is 0 Å². The smallest absolute Gasteiger partial charge is 0.335 e. The Labute approximate surface area is 456 Å². The number of anilines is 6. The van der Waals surface area contributed by atoms with Gasteiger partial charge >= 0.3 is 11.9 Å². The van der Waals surface area contributed by atoms with Gasteiger partial charge in [0, 0.05) is 11.1 Å². The number of nitrogens with one attached hydrogen (secondary N) is 2. The molecule has 5 aromatic carbocycles. The zero-order valence-corrected chi connectivity index (χ0v) is 46.9. The lowest BCUT2D eigenvalue weighted by atomic mass is 9.90. The minimum absolute atomic E-state index is 0.0292. The van der Waals surface area contributed by atoms with Crippen molar-refractivity contribution in [2.24, 2.45) is 15.4 Å². The van der Waals surface area contributed by atoms with Crippen LogP contribution in [-0.4, -0.2) is 63.7 Å². The summed E-state index contributed by atoms with van der Waals surface area (Å²) >= 11 is 2.33. The van der Waals surface area contributed by atoms with E-state index in [9.17, 15) is 41.9 Å². The number of aryl methyl sites for hydroxylation is 7. The van der Waals surface area contributed by atoms with Gasteiger partial charge in [0.25, 0.3) is 10.0 Å². The van der Waals surface area contributed by atoms with Crippen molar-refractivity contribution in [1.82, 2.24) is 24.7 Å². The zero-order valence-electron chi connectivity index (χ0n) is 43.7. The topological polar surface area (TPSA) is 301 Å². The fraction of sp³-hybridized carbons (Fsp3) is 0.204. The molecule has 398 valence electrons. The third-order valence-corrected chi connectivity index (χ3v) is 16.8. The number of fused-ring (bicyclic) bond motifs is 2. The maximum atomic E-state index is 13.8. The number of carbonyl (C=O) groups is 2. The zero-order chi connectivity index (χ0) is 56.5. The van der Waals surface area contributed by atoms with Crippen molar-refractivity contribution in [1.29, 1.82) is 5.26 Å². The normalized spacial score (nSPS) is 12.1. The Morgan fingerprint density at radius 1 is 0.718 bits per heavy atom. The number of pyridine rings is 1. The van der Waals surface area contributed by atoms with Crippen molar-refractivity contribution in [3.05, 3.63) is 146 Å². The van der Waals surface area contributed by atoms with Crippen LogP contribution < -0.4 is 20.1 Å². The summed E-state index contributed by atoms with van der Waals surface area (Å²) in [7, 11) is -8.43. The molecule has 0 aliphatic rings. The minimum atomic E-state index is -4.41. The summed E-state index contributed by atoms with van der Waals surface area (Å²) in [6.07, 6.45) is 0. The van der Waals surface area contributed by atoms with Gasteiger partial charge in [0.15, 0.2) is 16.8 Å². The molecule has 0 bridgehead atoms. The summed E-state index contributed by atoms with van der Waals surface area (Å²) in [6, 6.07) is 24.0. The summed E-state index contributed by atoms with van der Waals surface area (Å²) in [5.74, 6) is -2.12. The number of aromatic carboxylic acids is 2. The first kappa shape index (κ1) is 54.3. The SMILES string of the molecule is Cc1cc(C)c(Nc2nc(N(c3nc4ccc(S(N)(=O)=O)cc4s3)c3c(C)cc(C)cc3C)cc(C)c2N=Nc2c(C#N)c(C(C)(C)C)nn2-c2nc3ccc(S(=O)(=O)Nc4cc(C(=O)O)cc(C(=O)O)c4)cc3s2)c(C)c1. The van der Waals surface area contributed by atoms with Crippen LogP contribution in [0.1, 0.15) is 91.7 Å². The molecule has 0 unspecified atom stereocenters. The van der Waals surface area contributed by atoms with Gasteiger partial charge in [-0.25, -0.2) is 46.5 Å². The summed E-state index contributed by atoms with van der Waals surface area (Å²) in [6.45, 7) is 19.5. The molecule has 4 heterocycles. The third-order valence-electron chi connectivity index (χ3n) is 12.5. The average Bonchev–Trinajstić information content (AvgIpc) is 4.27. The van der Waals surface area contributed by atoms with Crippen LogP contribution in [-0.2, 0) is 25.5 Å². The van der Waals surface area contributed by atoms with Gasteiger partial charge in [0.05, 0.1) is 58.4 Å². The molecule has 78 heavy (non-hydrogen) atoms. The van der Waals surface area contributed by atoms with Gasteiger partial charge < -0.3 is 15.5 Å². The Morgan fingerprint density at radius 3 is 1.86 bits per heavy atom. The Bertz CT molecular complexity index is 4240. The maximum Gasteiger partial charge on any atom is 0.335 e. The molecule has 0 aliphatic heterocycles. The van der Waals surface area contributed by atoms with E-state index in [0.29, 0.717) is 54.1 Å². The molecule has 24 heteroatoms. The van der Waals surface area contributed by atoms with E-state index in [1.807, 2.05) is 92.3 Å². The molecular formula is C54H50N12O8S4. The Balaban J connectivity index is 1.20. The van der Waals surface area contributed by atoms with Crippen LogP contribution in [0.3, 0.4) is 0 Å². The molecule has 0 radical (unpaired) electrons. The van der Waals surface area contributed by atoms with E-state index < -0.39 is 48.5 Å². The highest BCUT2D eigenvalue weighted by atomic mass is 32.2. The van der Waals surface area contributed by atoms with Crippen LogP contribution in [0.25, 0.3) is 25.6 Å². The van der Waals surface area contributed by atoms with Crippen molar-refractivity contribution in [3.8, 4) is 11.2 Å². The van der Waals surface area contributed by atoms with Crippen molar-refractivity contribution in [2.45, 2.75) is 84.4 Å². The molecule has 0 spiro atoms. The number of nitriles is 1. The summed E-state index contributed by atoms with van der Waals surface area (Å²) in [4.78, 5) is 40.3. The number of hydrogen-bond donors (Lipinski definition) is 5. The predicted octanol–water partition coefficient (Wildman–Crippen LogP) is 12.3. The molecule has 0 aliphatic carbocycles. The lowest BCUT2D eigenvalue weighted by Crippen LogP contribution is -2.15. The van der Waals surface area contributed by atoms with Gasteiger partial charge in [-0.3, -0.25) is 9.62 Å². The van der Waals surface area contributed by atoms with Crippen molar-refractivity contribution in [2.75, 3.05) is 14.9 Å². The van der Waals surface area contributed by atoms with Crippen molar-refractivity contribution in [3.63, 3.8) is 0 Å². The van der Waals surface area contributed by atoms with E-state index in [-0.39, 0.29) is 32.0 Å². The number of primary sulfonamides is 1. The molecule has 9 aromatic rings. The first-order valence-corrected chi connectivity index (χ1v) is 28.4. The van der Waals surface area contributed by atoms with Crippen LogP contribution in [0.2, 0.25) is 0 Å². The first-order chi connectivity index (χ1) is 36.6. The standard InChI is InChI=1S/C54H50N12O8S4/c1-26-15-28(3)44(29(4)16-26)60-48-45(30(5)19-43(59-48)65(46-31(6)17-27(2)18-32(46)7)52-57-39-13-11-36(77(56,71)72)23-41(39)75-52)61-62-49-38(25-55)47(54(8,9)10)63-66(49)53-58-40-14-12-37(24-42(40)76-53)78(73,74)64-35-21-33(50(67)68)20-34(22-35)51(69)70/h11-24,64H,1-10H3,(H,59,60)(H,67,68)(H,69,70)(H2,56,71,72). The largest absolute Gasteiger partial charge is 0.478 e. The number of carboxylic acid groups (broad SMARTS) is 2. The fourth-order valence-electron chi connectivity index (χ4n) is 9.13. The monoisotopic (exact) mass is 1120 g/mol. The lowest BCUT2D eigenvalue weighted by Gasteiger charge is -2.27. The second kappa shape index (κ2) is 20.2. The summed E-state index contributed by atoms with van der Waals surface area (Å²) in [5, 5.41) is 54.4. The highest BCUT2D eigenvalue weighted by Crippen LogP contribution is 2.46. The number of carboxylic acids is 2. The molecule has 6 N–H and O–H groups in total. The fourth-order valence-corrected chi connectivity index (χ4v) is 12.9. The predicted molar refractivity (Wildman–Crippen MR) is 302 cm³/mol. The molecule has 0 amide bonds. The number of benzene rings is 5. The molecule has 0 saturated heterocycles. The maximum absolute atomic E-state index is 13.8. The first-order valence-electron chi connectivity index (χ1n) is 23.8. The second-order valence-corrected chi connectivity index (χ2v) is 25.1. The summed E-state index contributed by atoms with van der Waals surface area (Å²) < 4.78 is 57.1. The third kappa shape index (κ3) is 10.6. The number of sulfonamides is 2. The van der Waals surface area contributed by atoms with Crippen LogP contribution in [0, 0.1) is 59.8 Å². The molecular weight excluding hydrogens is 1070 g/mol. The molecule has 20 nitrogen and oxygen atoms in total. The molecule has 0 saturated carbocycles. The van der Waals surface area contributed by atoms with Crippen molar-refractivity contribution < 1.29 is 36.6 Å². The number of nitrogens with two attached hydrogens (primary N) is 1. The van der Waals surface area contributed by atoms with Gasteiger partial charge in [-0.2, -0.15) is 15.0 Å². The van der Waals surface area contributed by atoms with E-state index in [1.165, 1.54) is 46.4 Å². The van der Waals surface area contributed by atoms with Gasteiger partial charge in [0.1, 0.15) is 23.1 Å². The number of nitrogens with zero attached hydrogens (tertiary/aromatic N) is 9. The number of thiazole rings is 2. The lowest BCUT2D eigenvalue weighted by molar-refractivity contribution is 0.0696. The second-order valence-electron chi connectivity index (χ2n) is 19.8. The van der Waals surface area contributed by atoms with E-state index in [0.717, 1.165) is 74.3 Å². The van der Waals surface area contributed by atoms with E-state index in [1.54, 1.807) is 6.07 Å². The minimum Gasteiger partial charge on any atom is -0.478 e. The van der Waals surface area contributed by atoms with Crippen molar-refractivity contribution >= 4 is 120 Å². The Hall–Kier alpha value is -8.47. The Kier molecular flexibility index (Phi) is 14.0. The summed E-state index contributed by atoms with van der Waals surface area (Å²) in [5.41, 5.74) is 7.92. The van der Waals surface area contributed by atoms with E-state index in [2.05, 4.69) is 28.2 Å². The number of rotatable bonds is 14. The van der Waals surface area contributed by atoms with Crippen LogP contribution >= 0.6 is 22.7 Å². The number of azo groups is 1. The van der Waals surface area contributed by atoms with E-state index in [4.69, 9.17) is 35.4 Å². The quantitative estimate of drug-likeness (QED) is 0.0632. The highest BCUT2D eigenvalue weighted by Gasteiger charge is 2.31. The van der Waals surface area contributed by atoms with Gasteiger partial charge in [-0.05, 0) is 137 Å². The highest BCUT2D eigenvalue weighted by molar-refractivity contribution is 7.92. The number of aromatic nitrogens is 5. The van der Waals surface area contributed by atoms with Crippen LogP contribution in [0.15, 0.2) is 105 Å². The Morgan fingerprint density at radius 2 is 1.28 bits per heavy atom. The molecule has 0 atom stereocenters. The molecule has 4 aromatic heterocycles. The van der Waals surface area contributed by atoms with Crippen LogP contribution in [0.5, 0.6) is 0 Å². The van der Waals surface area contributed by atoms with Gasteiger partial charge in [-0.15, -0.1) is 10.2 Å². The average molecular weight is 1120 g/mol. The van der Waals surface area contributed by atoms with Gasteiger partial charge in [0.2, 0.25) is 15.2 Å². The van der Waals surface area contributed by atoms with Gasteiger partial charge in [-0.1, -0.05) is 78.8 Å². The molecule has 9 rings (SSSR count). The molecule has 0 fully saturated rings.